The summed E-state index contributed by atoms with van der Waals surface area (Å²) in [5.74, 6) is 1.77. The van der Waals surface area contributed by atoms with Gasteiger partial charge >= 0.3 is 0 Å². The zero-order chi connectivity index (χ0) is 11.4. The van der Waals surface area contributed by atoms with Crippen molar-refractivity contribution in [2.75, 3.05) is 13.2 Å². The molecular formula is C13H22O3. The van der Waals surface area contributed by atoms with Gasteiger partial charge in [-0.1, -0.05) is 6.92 Å². The van der Waals surface area contributed by atoms with E-state index in [0.717, 1.165) is 51.7 Å². The van der Waals surface area contributed by atoms with Gasteiger partial charge in [-0.25, -0.2) is 0 Å². The number of rotatable bonds is 4. The Hall–Kier alpha value is -0.410. The summed E-state index contributed by atoms with van der Waals surface area (Å²) in [4.78, 5) is 11.4. The first-order chi connectivity index (χ1) is 7.75. The summed E-state index contributed by atoms with van der Waals surface area (Å²) in [6, 6.07) is 0. The van der Waals surface area contributed by atoms with Crippen LogP contribution in [0, 0.1) is 11.8 Å². The molecule has 1 aliphatic carbocycles. The van der Waals surface area contributed by atoms with Gasteiger partial charge in [-0.15, -0.1) is 0 Å². The molecule has 1 saturated heterocycles. The highest BCUT2D eigenvalue weighted by Crippen LogP contribution is 2.31. The number of ketones is 1. The minimum Gasteiger partial charge on any atom is -0.350 e. The molecule has 2 rings (SSSR count). The molecule has 0 unspecified atom stereocenters. The van der Waals surface area contributed by atoms with Crippen molar-refractivity contribution in [1.29, 1.82) is 0 Å². The Labute approximate surface area is 97.5 Å². The molecule has 1 heterocycles. The molecule has 0 aromatic carbocycles. The number of carbonyl (C=O) groups is 1. The second-order valence-corrected chi connectivity index (χ2v) is 5.12. The van der Waals surface area contributed by atoms with Gasteiger partial charge in [0.25, 0.3) is 0 Å². The second-order valence-electron chi connectivity index (χ2n) is 5.12. The first kappa shape index (κ1) is 12.1. The maximum Gasteiger partial charge on any atom is 0.157 e. The van der Waals surface area contributed by atoms with E-state index in [4.69, 9.17) is 9.47 Å². The smallest absolute Gasteiger partial charge is 0.157 e. The molecule has 0 bridgehead atoms. The maximum absolute atomic E-state index is 11.4. The van der Waals surface area contributed by atoms with Gasteiger partial charge in [-0.3, -0.25) is 4.79 Å². The summed E-state index contributed by atoms with van der Waals surface area (Å²) >= 11 is 0. The van der Waals surface area contributed by atoms with Gasteiger partial charge in [0.15, 0.2) is 6.29 Å². The predicted molar refractivity (Wildman–Crippen MR) is 61.1 cm³/mol. The lowest BCUT2D eigenvalue weighted by Crippen LogP contribution is -2.23. The molecule has 0 aromatic rings. The number of Topliss-reactive ketones (excluding diaryl/α,β-unsaturated/α-hetero) is 1. The highest BCUT2D eigenvalue weighted by atomic mass is 16.7. The summed E-state index contributed by atoms with van der Waals surface area (Å²) in [5, 5.41) is 0. The highest BCUT2D eigenvalue weighted by molar-refractivity contribution is 5.79. The van der Waals surface area contributed by atoms with Crippen molar-refractivity contribution in [3.05, 3.63) is 0 Å². The molecule has 2 fully saturated rings. The van der Waals surface area contributed by atoms with Gasteiger partial charge in [0, 0.05) is 12.8 Å². The van der Waals surface area contributed by atoms with Crippen LogP contribution in [0.2, 0.25) is 0 Å². The van der Waals surface area contributed by atoms with E-state index in [-0.39, 0.29) is 6.29 Å². The van der Waals surface area contributed by atoms with Gasteiger partial charge in [0.1, 0.15) is 5.78 Å². The summed E-state index contributed by atoms with van der Waals surface area (Å²) in [7, 11) is 0. The minimum absolute atomic E-state index is 0.0228. The summed E-state index contributed by atoms with van der Waals surface area (Å²) in [6.45, 7) is 3.76. The normalized spacial score (nSPS) is 32.2. The molecule has 16 heavy (non-hydrogen) atoms. The van der Waals surface area contributed by atoms with Crippen molar-refractivity contribution in [3.63, 3.8) is 0 Å². The zero-order valence-corrected chi connectivity index (χ0v) is 10.1. The third kappa shape index (κ3) is 3.29. The Bertz CT molecular complexity index is 233. The van der Waals surface area contributed by atoms with Crippen LogP contribution < -0.4 is 0 Å². The third-order valence-electron chi connectivity index (χ3n) is 3.88. The number of carbonyl (C=O) groups excluding carboxylic acids is 1. The van der Waals surface area contributed by atoms with Crippen LogP contribution in [0.5, 0.6) is 0 Å². The molecule has 3 heteroatoms. The first-order valence-electron chi connectivity index (χ1n) is 6.50. The Morgan fingerprint density at radius 2 is 2.00 bits per heavy atom. The molecule has 0 radical (unpaired) electrons. The van der Waals surface area contributed by atoms with Crippen LogP contribution >= 0.6 is 0 Å². The third-order valence-corrected chi connectivity index (χ3v) is 3.88. The number of hydrogen-bond acceptors (Lipinski definition) is 3. The van der Waals surface area contributed by atoms with Crippen molar-refractivity contribution >= 4 is 5.78 Å². The van der Waals surface area contributed by atoms with Crippen LogP contribution in [0.4, 0.5) is 0 Å². The average Bonchev–Trinajstić information content (AvgIpc) is 2.76. The minimum atomic E-state index is 0.0228. The Balaban J connectivity index is 1.65. The van der Waals surface area contributed by atoms with Gasteiger partial charge < -0.3 is 9.47 Å². The molecule has 3 nitrogen and oxygen atoms in total. The maximum atomic E-state index is 11.4. The topological polar surface area (TPSA) is 35.5 Å². The predicted octanol–water partition coefficient (Wildman–Crippen LogP) is 2.53. The van der Waals surface area contributed by atoms with E-state index in [0.29, 0.717) is 17.6 Å². The van der Waals surface area contributed by atoms with Gasteiger partial charge in [0.05, 0.1) is 13.2 Å². The summed E-state index contributed by atoms with van der Waals surface area (Å²) in [5.41, 5.74) is 0. The van der Waals surface area contributed by atoms with Crippen LogP contribution in [-0.2, 0) is 14.3 Å². The fraction of sp³-hybridized carbons (Fsp3) is 0.923. The average molecular weight is 226 g/mol. The number of hydrogen-bond donors (Lipinski definition) is 0. The van der Waals surface area contributed by atoms with Crippen LogP contribution in [0.1, 0.15) is 45.4 Å². The lowest BCUT2D eigenvalue weighted by Gasteiger charge is -2.28. The van der Waals surface area contributed by atoms with E-state index in [1.54, 1.807) is 0 Å². The number of ether oxygens (including phenoxy) is 2. The molecule has 92 valence electrons. The summed E-state index contributed by atoms with van der Waals surface area (Å²) < 4.78 is 10.8. The van der Waals surface area contributed by atoms with E-state index in [2.05, 4.69) is 6.92 Å². The van der Waals surface area contributed by atoms with Crippen LogP contribution in [0.25, 0.3) is 0 Å². The molecule has 1 saturated carbocycles. The van der Waals surface area contributed by atoms with Crippen LogP contribution in [0.15, 0.2) is 0 Å². The van der Waals surface area contributed by atoms with E-state index in [1.165, 1.54) is 0 Å². The summed E-state index contributed by atoms with van der Waals surface area (Å²) in [6.07, 6.45) is 5.95. The SMILES string of the molecule is C[C@H]1CCC(=O)C[C@@H]1CCCC1OCCO1. The van der Waals surface area contributed by atoms with Crippen molar-refractivity contribution in [3.8, 4) is 0 Å². The largest absolute Gasteiger partial charge is 0.350 e. The van der Waals surface area contributed by atoms with Crippen molar-refractivity contribution in [1.82, 2.24) is 0 Å². The van der Waals surface area contributed by atoms with Crippen molar-refractivity contribution < 1.29 is 14.3 Å². The van der Waals surface area contributed by atoms with Gasteiger partial charge in [-0.05, 0) is 37.5 Å². The molecular weight excluding hydrogens is 204 g/mol. The quantitative estimate of drug-likeness (QED) is 0.739. The Kier molecular flexibility index (Phi) is 4.36. The van der Waals surface area contributed by atoms with Crippen molar-refractivity contribution in [2.45, 2.75) is 51.7 Å². The second kappa shape index (κ2) is 5.78. The van der Waals surface area contributed by atoms with Crippen molar-refractivity contribution in [2.24, 2.45) is 11.8 Å². The lowest BCUT2D eigenvalue weighted by molar-refractivity contribution is -0.122. The molecule has 2 aliphatic rings. The molecule has 0 N–H and O–H groups in total. The Morgan fingerprint density at radius 1 is 1.25 bits per heavy atom. The molecule has 0 aromatic heterocycles. The molecule has 0 amide bonds. The van der Waals surface area contributed by atoms with Gasteiger partial charge in [0.2, 0.25) is 0 Å². The first-order valence-corrected chi connectivity index (χ1v) is 6.50. The van der Waals surface area contributed by atoms with E-state index < -0.39 is 0 Å². The van der Waals surface area contributed by atoms with Gasteiger partial charge in [-0.2, -0.15) is 0 Å². The fourth-order valence-corrected chi connectivity index (χ4v) is 2.73. The molecule has 2 atom stereocenters. The Morgan fingerprint density at radius 3 is 2.75 bits per heavy atom. The lowest BCUT2D eigenvalue weighted by atomic mass is 9.77. The van der Waals surface area contributed by atoms with Crippen LogP contribution in [-0.4, -0.2) is 25.3 Å². The molecule has 1 aliphatic heterocycles. The fourth-order valence-electron chi connectivity index (χ4n) is 2.73. The highest BCUT2D eigenvalue weighted by Gasteiger charge is 2.26. The van der Waals surface area contributed by atoms with Crippen LogP contribution in [0.3, 0.4) is 0 Å². The van der Waals surface area contributed by atoms with E-state index in [1.807, 2.05) is 0 Å². The van der Waals surface area contributed by atoms with E-state index in [9.17, 15) is 4.79 Å². The zero-order valence-electron chi connectivity index (χ0n) is 10.1. The monoisotopic (exact) mass is 226 g/mol. The standard InChI is InChI=1S/C13H22O3/c1-10-5-6-12(14)9-11(10)3-2-4-13-15-7-8-16-13/h10-11,13H,2-9H2,1H3/t10-,11-/m0/s1. The molecule has 0 spiro atoms. The van der Waals surface area contributed by atoms with E-state index >= 15 is 0 Å².